The number of piperidine rings is 1. The highest BCUT2D eigenvalue weighted by atomic mass is 35.5. The smallest absolute Gasteiger partial charge is 0.251 e. The van der Waals surface area contributed by atoms with E-state index in [4.69, 9.17) is 5.73 Å². The Morgan fingerprint density at radius 1 is 1.07 bits per heavy atom. The molecule has 2 aromatic carbocycles. The highest BCUT2D eigenvalue weighted by molar-refractivity contribution is 5.94. The maximum atomic E-state index is 12.6. The van der Waals surface area contributed by atoms with E-state index in [0.717, 1.165) is 30.6 Å². The number of rotatable bonds is 6. The van der Waals surface area contributed by atoms with E-state index in [-0.39, 0.29) is 24.2 Å². The van der Waals surface area contributed by atoms with E-state index in [1.807, 2.05) is 47.4 Å². The number of nitrogens with zero attached hydrogens (tertiary/aromatic N) is 1. The number of hydrogen-bond acceptors (Lipinski definition) is 3. The number of amides is 2. The summed E-state index contributed by atoms with van der Waals surface area (Å²) >= 11 is 0. The van der Waals surface area contributed by atoms with Crippen LogP contribution in [0, 0.1) is 5.92 Å². The highest BCUT2D eigenvalue weighted by Crippen LogP contribution is 2.19. The maximum absolute atomic E-state index is 12.6. The molecule has 0 spiro atoms. The number of aryl methyl sites for hydroxylation is 1. The van der Waals surface area contributed by atoms with Crippen molar-refractivity contribution in [2.24, 2.45) is 5.92 Å². The Morgan fingerprint density at radius 2 is 1.79 bits per heavy atom. The molecule has 5 nitrogen and oxygen atoms in total. The van der Waals surface area contributed by atoms with Crippen LogP contribution in [0.15, 0.2) is 54.6 Å². The zero-order valence-electron chi connectivity index (χ0n) is 16.0. The molecule has 2 amide bonds. The molecule has 1 aliphatic heterocycles. The molecule has 1 atom stereocenters. The second-order valence-electron chi connectivity index (χ2n) is 7.12. The van der Waals surface area contributed by atoms with Crippen LogP contribution in [0.2, 0.25) is 0 Å². The average Bonchev–Trinajstić information content (AvgIpc) is 2.72. The lowest BCUT2D eigenvalue weighted by atomic mass is 9.97. The molecule has 0 aromatic heterocycles. The van der Waals surface area contributed by atoms with Gasteiger partial charge in [0, 0.05) is 37.3 Å². The number of carbonyl (C=O) groups excluding carboxylic acids is 2. The van der Waals surface area contributed by atoms with Crippen molar-refractivity contribution >= 4 is 29.9 Å². The summed E-state index contributed by atoms with van der Waals surface area (Å²) in [5.41, 5.74) is 8.39. The molecule has 1 heterocycles. The summed E-state index contributed by atoms with van der Waals surface area (Å²) in [5.74, 6) is 0.410. The van der Waals surface area contributed by atoms with Crippen molar-refractivity contribution in [3.8, 4) is 0 Å². The number of carbonyl (C=O) groups is 2. The molecule has 3 N–H and O–H groups in total. The molecular weight excluding hydrogens is 374 g/mol. The molecule has 3 rings (SSSR count). The predicted molar refractivity (Wildman–Crippen MR) is 115 cm³/mol. The molecule has 0 bridgehead atoms. The normalized spacial score (nSPS) is 16.1. The SMILES string of the molecule is Cl.Nc1ccccc1CCC(=O)N1CCCC(CNC(=O)c2ccccc2)C1. The summed E-state index contributed by atoms with van der Waals surface area (Å²) in [6, 6.07) is 16.9. The van der Waals surface area contributed by atoms with Gasteiger partial charge in [0.05, 0.1) is 0 Å². The number of nitrogens with two attached hydrogens (primary N) is 1. The van der Waals surface area contributed by atoms with Gasteiger partial charge in [-0.25, -0.2) is 0 Å². The Labute approximate surface area is 172 Å². The molecule has 1 fully saturated rings. The third-order valence-corrected chi connectivity index (χ3v) is 5.12. The minimum absolute atomic E-state index is 0. The Bertz CT molecular complexity index is 782. The first-order valence-electron chi connectivity index (χ1n) is 9.58. The minimum Gasteiger partial charge on any atom is -0.399 e. The van der Waals surface area contributed by atoms with E-state index in [0.29, 0.717) is 37.4 Å². The summed E-state index contributed by atoms with van der Waals surface area (Å²) in [4.78, 5) is 26.7. The third kappa shape index (κ3) is 5.99. The van der Waals surface area contributed by atoms with Gasteiger partial charge >= 0.3 is 0 Å². The summed E-state index contributed by atoms with van der Waals surface area (Å²) in [6.07, 6.45) is 3.14. The molecule has 150 valence electrons. The fourth-order valence-electron chi connectivity index (χ4n) is 3.55. The minimum atomic E-state index is -0.0568. The number of halogens is 1. The summed E-state index contributed by atoms with van der Waals surface area (Å²) < 4.78 is 0. The van der Waals surface area contributed by atoms with E-state index in [9.17, 15) is 9.59 Å². The first-order valence-corrected chi connectivity index (χ1v) is 9.58. The molecule has 28 heavy (non-hydrogen) atoms. The van der Waals surface area contributed by atoms with E-state index in [1.54, 1.807) is 12.1 Å². The molecule has 1 aliphatic rings. The second-order valence-corrected chi connectivity index (χ2v) is 7.12. The molecule has 2 aromatic rings. The van der Waals surface area contributed by atoms with E-state index < -0.39 is 0 Å². The predicted octanol–water partition coefficient (Wildman–Crippen LogP) is 3.29. The van der Waals surface area contributed by atoms with Crippen LogP contribution in [0.5, 0.6) is 0 Å². The zero-order chi connectivity index (χ0) is 19.1. The van der Waals surface area contributed by atoms with Gasteiger partial charge in [-0.3, -0.25) is 9.59 Å². The quantitative estimate of drug-likeness (QED) is 0.729. The summed E-state index contributed by atoms with van der Waals surface area (Å²) in [5, 5.41) is 3.00. The lowest BCUT2D eigenvalue weighted by Gasteiger charge is -2.33. The molecule has 0 radical (unpaired) electrons. The molecular formula is C22H28ClN3O2. The van der Waals surface area contributed by atoms with Crippen LogP contribution >= 0.6 is 12.4 Å². The number of nitrogen functional groups attached to an aromatic ring is 1. The number of hydrogen-bond donors (Lipinski definition) is 2. The Balaban J connectivity index is 0.00000280. The van der Waals surface area contributed by atoms with Crippen LogP contribution in [0.3, 0.4) is 0 Å². The van der Waals surface area contributed by atoms with Crippen molar-refractivity contribution in [3.05, 3.63) is 65.7 Å². The van der Waals surface area contributed by atoms with Crippen molar-refractivity contribution < 1.29 is 9.59 Å². The van der Waals surface area contributed by atoms with Crippen LogP contribution < -0.4 is 11.1 Å². The number of para-hydroxylation sites is 1. The topological polar surface area (TPSA) is 75.4 Å². The molecule has 1 unspecified atom stereocenters. The van der Waals surface area contributed by atoms with E-state index >= 15 is 0 Å². The van der Waals surface area contributed by atoms with Crippen molar-refractivity contribution in [2.45, 2.75) is 25.7 Å². The van der Waals surface area contributed by atoms with Gasteiger partial charge in [0.15, 0.2) is 0 Å². The first-order chi connectivity index (χ1) is 13.1. The van der Waals surface area contributed by atoms with Gasteiger partial charge in [0.1, 0.15) is 0 Å². The van der Waals surface area contributed by atoms with Crippen LogP contribution in [-0.2, 0) is 11.2 Å². The van der Waals surface area contributed by atoms with Crippen molar-refractivity contribution in [1.82, 2.24) is 10.2 Å². The van der Waals surface area contributed by atoms with Gasteiger partial charge in [-0.15, -0.1) is 12.4 Å². The van der Waals surface area contributed by atoms with Crippen molar-refractivity contribution in [1.29, 1.82) is 0 Å². The van der Waals surface area contributed by atoms with Crippen molar-refractivity contribution in [2.75, 3.05) is 25.4 Å². The maximum Gasteiger partial charge on any atom is 0.251 e. The molecule has 6 heteroatoms. The van der Waals surface area contributed by atoms with Gasteiger partial charge in [0.25, 0.3) is 5.91 Å². The summed E-state index contributed by atoms with van der Waals surface area (Å²) in [6.45, 7) is 2.10. The highest BCUT2D eigenvalue weighted by Gasteiger charge is 2.24. The van der Waals surface area contributed by atoms with Gasteiger partial charge in [-0.2, -0.15) is 0 Å². The Hall–Kier alpha value is -2.53. The fraction of sp³-hybridized carbons (Fsp3) is 0.364. The van der Waals surface area contributed by atoms with Crippen molar-refractivity contribution in [3.63, 3.8) is 0 Å². The van der Waals surface area contributed by atoms with Crippen LogP contribution in [0.4, 0.5) is 5.69 Å². The standard InChI is InChI=1S/C22H27N3O2.ClH/c23-20-11-5-4-8-18(20)12-13-21(26)25-14-6-7-17(16-25)15-24-22(27)19-9-2-1-3-10-19;/h1-5,8-11,17H,6-7,12-16,23H2,(H,24,27);1H. The zero-order valence-corrected chi connectivity index (χ0v) is 16.8. The summed E-state index contributed by atoms with van der Waals surface area (Å²) in [7, 11) is 0. The third-order valence-electron chi connectivity index (χ3n) is 5.12. The molecule has 1 saturated heterocycles. The van der Waals surface area contributed by atoms with Crippen LogP contribution in [-0.4, -0.2) is 36.3 Å². The second kappa shape index (κ2) is 10.7. The van der Waals surface area contributed by atoms with Crippen LogP contribution in [0.1, 0.15) is 35.2 Å². The number of benzene rings is 2. The lowest BCUT2D eigenvalue weighted by Crippen LogP contribution is -2.43. The number of likely N-dealkylation sites (tertiary alicyclic amines) is 1. The van der Waals surface area contributed by atoms with Gasteiger partial charge < -0.3 is 16.0 Å². The van der Waals surface area contributed by atoms with Crippen LogP contribution in [0.25, 0.3) is 0 Å². The largest absolute Gasteiger partial charge is 0.399 e. The van der Waals surface area contributed by atoms with Gasteiger partial charge in [0.2, 0.25) is 5.91 Å². The average molecular weight is 402 g/mol. The first kappa shape index (κ1) is 21.8. The Morgan fingerprint density at radius 3 is 2.54 bits per heavy atom. The monoisotopic (exact) mass is 401 g/mol. The Kier molecular flexibility index (Phi) is 8.33. The fourth-order valence-corrected chi connectivity index (χ4v) is 3.55. The van der Waals surface area contributed by atoms with Gasteiger partial charge in [-0.1, -0.05) is 36.4 Å². The molecule has 0 aliphatic carbocycles. The molecule has 0 saturated carbocycles. The lowest BCUT2D eigenvalue weighted by molar-refractivity contribution is -0.132. The van der Waals surface area contributed by atoms with Gasteiger partial charge in [-0.05, 0) is 48.9 Å². The van der Waals surface area contributed by atoms with E-state index in [2.05, 4.69) is 5.32 Å². The number of nitrogens with one attached hydrogen (secondary N) is 1. The van der Waals surface area contributed by atoms with E-state index in [1.165, 1.54) is 0 Å². The number of anilines is 1.